The Bertz CT molecular complexity index is 684. The van der Waals surface area contributed by atoms with Gasteiger partial charge in [-0.3, -0.25) is 0 Å². The van der Waals surface area contributed by atoms with E-state index in [-0.39, 0.29) is 11.5 Å². The summed E-state index contributed by atoms with van der Waals surface area (Å²) < 4.78 is 40.9. The quantitative estimate of drug-likeness (QED) is 0.882. The van der Waals surface area contributed by atoms with Gasteiger partial charge in [0.25, 0.3) is 0 Å². The zero-order chi connectivity index (χ0) is 15.7. The SMILES string of the molecule is CC1(CO)CCCC1NS(=O)(=O)c1cccc(F)c1C#N. The van der Waals surface area contributed by atoms with Gasteiger partial charge >= 0.3 is 0 Å². The van der Waals surface area contributed by atoms with Crippen LogP contribution in [0.1, 0.15) is 31.7 Å². The molecule has 2 N–H and O–H groups in total. The molecule has 2 rings (SSSR count). The van der Waals surface area contributed by atoms with Crippen LogP contribution >= 0.6 is 0 Å². The first-order valence-electron chi connectivity index (χ1n) is 6.66. The average Bonchev–Trinajstić information content (AvgIpc) is 2.80. The van der Waals surface area contributed by atoms with E-state index in [9.17, 15) is 17.9 Å². The molecule has 0 aliphatic heterocycles. The van der Waals surface area contributed by atoms with Gasteiger partial charge in [-0.2, -0.15) is 5.26 Å². The van der Waals surface area contributed by atoms with Gasteiger partial charge in [0.2, 0.25) is 10.0 Å². The molecule has 1 aliphatic rings. The van der Waals surface area contributed by atoms with Gasteiger partial charge in [-0.1, -0.05) is 19.4 Å². The number of aliphatic hydroxyl groups is 1. The van der Waals surface area contributed by atoms with Crippen molar-refractivity contribution in [3.8, 4) is 6.07 Å². The molecule has 1 saturated carbocycles. The molecule has 0 radical (unpaired) electrons. The predicted molar refractivity (Wildman–Crippen MR) is 74.3 cm³/mol. The highest BCUT2D eigenvalue weighted by atomic mass is 32.2. The Kier molecular flexibility index (Phi) is 4.33. The van der Waals surface area contributed by atoms with Crippen LogP contribution in [0.5, 0.6) is 0 Å². The summed E-state index contributed by atoms with van der Waals surface area (Å²) in [6.45, 7) is 1.68. The van der Waals surface area contributed by atoms with Crippen molar-refractivity contribution in [3.63, 3.8) is 0 Å². The van der Waals surface area contributed by atoms with Crippen molar-refractivity contribution in [2.24, 2.45) is 5.41 Å². The molecule has 0 aromatic heterocycles. The summed E-state index contributed by atoms with van der Waals surface area (Å²) in [5, 5.41) is 18.4. The maximum absolute atomic E-state index is 13.6. The van der Waals surface area contributed by atoms with Crippen LogP contribution in [-0.4, -0.2) is 26.2 Å². The standard InChI is InChI=1S/C14H17FN2O3S/c1-14(9-18)7-3-6-13(14)17-21(19,20)12-5-2-4-11(15)10(12)8-16/h2,4-5,13,17-18H,3,6-7,9H2,1H3. The Hall–Kier alpha value is -1.49. The highest BCUT2D eigenvalue weighted by Crippen LogP contribution is 2.38. The van der Waals surface area contributed by atoms with E-state index in [4.69, 9.17) is 5.26 Å². The maximum atomic E-state index is 13.6. The molecule has 0 spiro atoms. The van der Waals surface area contributed by atoms with E-state index in [0.29, 0.717) is 12.8 Å². The lowest BCUT2D eigenvalue weighted by molar-refractivity contribution is 0.127. The second-order valence-electron chi connectivity index (χ2n) is 5.60. The van der Waals surface area contributed by atoms with Crippen molar-refractivity contribution < 1.29 is 17.9 Å². The van der Waals surface area contributed by atoms with Gasteiger partial charge in [-0.25, -0.2) is 17.5 Å². The van der Waals surface area contributed by atoms with Crippen LogP contribution in [0.2, 0.25) is 0 Å². The Balaban J connectivity index is 2.37. The topological polar surface area (TPSA) is 90.2 Å². The first-order chi connectivity index (χ1) is 9.84. The van der Waals surface area contributed by atoms with Crippen LogP contribution in [-0.2, 0) is 10.0 Å². The summed E-state index contributed by atoms with van der Waals surface area (Å²) in [7, 11) is -4.01. The molecule has 0 amide bonds. The molecule has 0 saturated heterocycles. The molecule has 5 nitrogen and oxygen atoms in total. The molecule has 1 aromatic carbocycles. The second-order valence-corrected chi connectivity index (χ2v) is 7.29. The Morgan fingerprint density at radius 2 is 2.29 bits per heavy atom. The largest absolute Gasteiger partial charge is 0.396 e. The minimum absolute atomic E-state index is 0.131. The maximum Gasteiger partial charge on any atom is 0.242 e. The van der Waals surface area contributed by atoms with Gasteiger partial charge in [0.15, 0.2) is 0 Å². The average molecular weight is 312 g/mol. The molecule has 1 fully saturated rings. The summed E-state index contributed by atoms with van der Waals surface area (Å²) in [5.74, 6) is -0.864. The molecule has 21 heavy (non-hydrogen) atoms. The van der Waals surface area contributed by atoms with Gasteiger partial charge < -0.3 is 5.11 Å². The highest BCUT2D eigenvalue weighted by Gasteiger charge is 2.41. The third kappa shape index (κ3) is 2.93. The fourth-order valence-corrected chi connectivity index (χ4v) is 4.28. The predicted octanol–water partition coefficient (Wildman–Crippen LogP) is 1.53. The van der Waals surface area contributed by atoms with E-state index < -0.39 is 32.9 Å². The molecular weight excluding hydrogens is 295 g/mol. The minimum Gasteiger partial charge on any atom is -0.396 e. The second kappa shape index (κ2) is 5.72. The van der Waals surface area contributed by atoms with E-state index in [1.807, 2.05) is 6.92 Å². The van der Waals surface area contributed by atoms with Crippen LogP contribution in [0.25, 0.3) is 0 Å². The number of nitriles is 1. The number of nitrogens with zero attached hydrogens (tertiary/aromatic N) is 1. The fraction of sp³-hybridized carbons (Fsp3) is 0.500. The molecule has 114 valence electrons. The van der Waals surface area contributed by atoms with Gasteiger partial charge in [0, 0.05) is 18.1 Å². The lowest BCUT2D eigenvalue weighted by Crippen LogP contribution is -2.44. The van der Waals surface area contributed by atoms with Gasteiger partial charge in [-0.05, 0) is 25.0 Å². The van der Waals surface area contributed by atoms with Crippen molar-refractivity contribution in [3.05, 3.63) is 29.6 Å². The molecule has 2 atom stereocenters. The zero-order valence-electron chi connectivity index (χ0n) is 11.6. The van der Waals surface area contributed by atoms with Crippen LogP contribution in [0.4, 0.5) is 4.39 Å². The lowest BCUT2D eigenvalue weighted by atomic mass is 9.86. The molecule has 2 unspecified atom stereocenters. The normalized spacial score (nSPS) is 25.7. The van der Waals surface area contributed by atoms with Crippen LogP contribution in [0.15, 0.2) is 23.1 Å². The van der Waals surface area contributed by atoms with Crippen molar-refractivity contribution in [2.75, 3.05) is 6.61 Å². The van der Waals surface area contributed by atoms with Crippen molar-refractivity contribution in [1.29, 1.82) is 5.26 Å². The van der Waals surface area contributed by atoms with E-state index in [1.165, 1.54) is 12.1 Å². The number of nitrogens with one attached hydrogen (secondary N) is 1. The highest BCUT2D eigenvalue weighted by molar-refractivity contribution is 7.89. The monoisotopic (exact) mass is 312 g/mol. The van der Waals surface area contributed by atoms with Gasteiger partial charge in [0.05, 0.1) is 0 Å². The minimum atomic E-state index is -4.01. The van der Waals surface area contributed by atoms with Crippen LogP contribution in [0, 0.1) is 22.6 Å². The number of hydrogen-bond acceptors (Lipinski definition) is 4. The zero-order valence-corrected chi connectivity index (χ0v) is 12.5. The molecular formula is C14H17FN2O3S. The third-order valence-corrected chi connectivity index (χ3v) is 5.63. The Labute approximate surface area is 123 Å². The van der Waals surface area contributed by atoms with Crippen molar-refractivity contribution in [1.82, 2.24) is 4.72 Å². The number of aliphatic hydroxyl groups excluding tert-OH is 1. The van der Waals surface area contributed by atoms with E-state index in [2.05, 4.69) is 4.72 Å². The fourth-order valence-electron chi connectivity index (χ4n) is 2.71. The summed E-state index contributed by atoms with van der Waals surface area (Å²) >= 11 is 0. The number of halogens is 1. The number of sulfonamides is 1. The summed E-state index contributed by atoms with van der Waals surface area (Å²) in [6.07, 6.45) is 2.12. The molecule has 1 aliphatic carbocycles. The lowest BCUT2D eigenvalue weighted by Gasteiger charge is -2.29. The first-order valence-corrected chi connectivity index (χ1v) is 8.14. The first kappa shape index (κ1) is 15.9. The van der Waals surface area contributed by atoms with Gasteiger partial charge in [0.1, 0.15) is 22.3 Å². The number of rotatable bonds is 4. The number of benzene rings is 1. The van der Waals surface area contributed by atoms with Crippen molar-refractivity contribution >= 4 is 10.0 Å². The third-order valence-electron chi connectivity index (χ3n) is 4.12. The van der Waals surface area contributed by atoms with Crippen LogP contribution < -0.4 is 4.72 Å². The smallest absolute Gasteiger partial charge is 0.242 e. The van der Waals surface area contributed by atoms with E-state index in [1.54, 1.807) is 6.07 Å². The molecule has 1 aromatic rings. The summed E-state index contributed by atoms with van der Waals surface area (Å²) in [4.78, 5) is -0.364. The van der Waals surface area contributed by atoms with Crippen molar-refractivity contribution in [2.45, 2.75) is 37.1 Å². The Morgan fingerprint density at radius 1 is 1.57 bits per heavy atom. The summed E-state index contributed by atoms with van der Waals surface area (Å²) in [6, 6.07) is 4.66. The summed E-state index contributed by atoms with van der Waals surface area (Å²) in [5.41, 5.74) is -1.03. The molecule has 0 heterocycles. The molecule has 7 heteroatoms. The van der Waals surface area contributed by atoms with E-state index >= 15 is 0 Å². The Morgan fingerprint density at radius 3 is 2.90 bits per heavy atom. The van der Waals surface area contributed by atoms with Crippen LogP contribution in [0.3, 0.4) is 0 Å². The van der Waals surface area contributed by atoms with E-state index in [0.717, 1.165) is 12.5 Å². The van der Waals surface area contributed by atoms with Gasteiger partial charge in [-0.15, -0.1) is 0 Å². The number of hydrogen-bond donors (Lipinski definition) is 2. The molecule has 0 bridgehead atoms.